The third-order valence-corrected chi connectivity index (χ3v) is 2.56. The number of allylic oxidation sites excluding steroid dienone is 3. The molecular weight excluding hydrogens is 180 g/mol. The van der Waals surface area contributed by atoms with Crippen LogP contribution in [0, 0.1) is 6.42 Å². The fourth-order valence-corrected chi connectivity index (χ4v) is 1.59. The monoisotopic (exact) mass is 207 g/mol. The molecule has 0 unspecified atom stereocenters. The number of rotatable bonds is 11. The van der Waals surface area contributed by atoms with Gasteiger partial charge >= 0.3 is 0 Å². The average Bonchev–Trinajstić information content (AvgIpc) is 2.26. The van der Waals surface area contributed by atoms with Gasteiger partial charge in [-0.3, -0.25) is 0 Å². The molecule has 0 aromatic carbocycles. The van der Waals surface area contributed by atoms with Gasteiger partial charge in [-0.2, -0.15) is 0 Å². The van der Waals surface area contributed by atoms with Gasteiger partial charge < -0.3 is 0 Å². The van der Waals surface area contributed by atoms with Crippen LogP contribution in [0.1, 0.15) is 64.7 Å². The summed E-state index contributed by atoms with van der Waals surface area (Å²) < 4.78 is 0. The van der Waals surface area contributed by atoms with Crippen molar-refractivity contribution in [3.63, 3.8) is 0 Å². The molecule has 0 aliphatic heterocycles. The summed E-state index contributed by atoms with van der Waals surface area (Å²) in [5.74, 6) is 0. The topological polar surface area (TPSA) is 0 Å². The first kappa shape index (κ1) is 14.5. The molecule has 0 fully saturated rings. The Bertz CT molecular complexity index is 144. The SMILES string of the molecule is C=CC=CCCCCCC[CH]CCCC. The second kappa shape index (κ2) is 13.5. The predicted octanol–water partition coefficient (Wildman–Crippen LogP) is 5.46. The minimum atomic E-state index is 1.21. The van der Waals surface area contributed by atoms with Crippen molar-refractivity contribution in [2.75, 3.05) is 0 Å². The standard InChI is InChI=1S/C15H27/c1-3-5-7-9-11-13-15-14-12-10-8-6-4-2/h3,5,7,10H,1,4,6,8-9,11-15H2,2H3. The van der Waals surface area contributed by atoms with Gasteiger partial charge in [0.2, 0.25) is 0 Å². The minimum Gasteiger partial charge on any atom is -0.0991 e. The summed E-state index contributed by atoms with van der Waals surface area (Å²) in [5, 5.41) is 0. The molecule has 0 saturated heterocycles. The fraction of sp³-hybridized carbons (Fsp3) is 0.667. The number of hydrogen-bond acceptors (Lipinski definition) is 0. The first-order valence-corrected chi connectivity index (χ1v) is 6.51. The van der Waals surface area contributed by atoms with E-state index in [0.29, 0.717) is 0 Å². The van der Waals surface area contributed by atoms with Crippen molar-refractivity contribution >= 4 is 0 Å². The van der Waals surface area contributed by atoms with E-state index in [2.05, 4.69) is 26.0 Å². The van der Waals surface area contributed by atoms with Gasteiger partial charge in [0.15, 0.2) is 0 Å². The third-order valence-electron chi connectivity index (χ3n) is 2.56. The van der Waals surface area contributed by atoms with Crippen LogP contribution >= 0.6 is 0 Å². The normalized spacial score (nSPS) is 11.0. The minimum absolute atomic E-state index is 1.21. The molecular formula is C15H27. The van der Waals surface area contributed by atoms with Gasteiger partial charge in [0.1, 0.15) is 0 Å². The van der Waals surface area contributed by atoms with Gasteiger partial charge in [-0.15, -0.1) is 0 Å². The molecule has 87 valence electrons. The Morgan fingerprint density at radius 3 is 2.20 bits per heavy atom. The van der Waals surface area contributed by atoms with Crippen LogP contribution in [0.2, 0.25) is 0 Å². The molecule has 0 aliphatic carbocycles. The molecule has 0 aromatic heterocycles. The van der Waals surface area contributed by atoms with Crippen LogP contribution in [0.25, 0.3) is 0 Å². The maximum Gasteiger partial charge on any atom is -0.0348 e. The second-order valence-corrected chi connectivity index (χ2v) is 4.09. The zero-order valence-electron chi connectivity index (χ0n) is 10.4. The van der Waals surface area contributed by atoms with Crippen LogP contribution in [0.3, 0.4) is 0 Å². The lowest BCUT2D eigenvalue weighted by Crippen LogP contribution is -1.81. The molecule has 0 nitrogen and oxygen atoms in total. The summed E-state index contributed by atoms with van der Waals surface area (Å²) in [6.45, 7) is 5.91. The summed E-state index contributed by atoms with van der Waals surface area (Å²) in [7, 11) is 0. The summed E-state index contributed by atoms with van der Waals surface area (Å²) in [4.78, 5) is 0. The van der Waals surface area contributed by atoms with E-state index in [1.807, 2.05) is 12.2 Å². The summed E-state index contributed by atoms with van der Waals surface area (Å²) >= 11 is 0. The van der Waals surface area contributed by atoms with Crippen LogP contribution in [0.4, 0.5) is 0 Å². The highest BCUT2D eigenvalue weighted by Crippen LogP contribution is 2.09. The molecule has 0 atom stereocenters. The maximum absolute atomic E-state index is 3.65. The summed E-state index contributed by atoms with van der Waals surface area (Å²) in [5.41, 5.74) is 0. The fourth-order valence-electron chi connectivity index (χ4n) is 1.59. The maximum atomic E-state index is 3.65. The Hall–Kier alpha value is -0.520. The highest BCUT2D eigenvalue weighted by Gasteiger charge is 1.90. The highest BCUT2D eigenvalue weighted by molar-refractivity contribution is 4.96. The molecule has 0 heterocycles. The van der Waals surface area contributed by atoms with Crippen molar-refractivity contribution in [1.29, 1.82) is 0 Å². The summed E-state index contributed by atoms with van der Waals surface area (Å²) in [6.07, 6.45) is 20.6. The van der Waals surface area contributed by atoms with E-state index in [1.54, 1.807) is 0 Å². The average molecular weight is 207 g/mol. The van der Waals surface area contributed by atoms with Crippen LogP contribution in [0.15, 0.2) is 24.8 Å². The Morgan fingerprint density at radius 1 is 0.867 bits per heavy atom. The number of hydrogen-bond donors (Lipinski definition) is 0. The van der Waals surface area contributed by atoms with Gasteiger partial charge in [-0.05, 0) is 19.3 Å². The lowest BCUT2D eigenvalue weighted by atomic mass is 10.1. The molecule has 1 radical (unpaired) electrons. The van der Waals surface area contributed by atoms with Crippen molar-refractivity contribution in [3.05, 3.63) is 31.2 Å². The molecule has 0 amide bonds. The molecule has 0 bridgehead atoms. The zero-order chi connectivity index (χ0) is 11.2. The largest absolute Gasteiger partial charge is 0.0991 e. The van der Waals surface area contributed by atoms with E-state index in [1.165, 1.54) is 57.8 Å². The van der Waals surface area contributed by atoms with E-state index in [0.717, 1.165) is 0 Å². The zero-order valence-corrected chi connectivity index (χ0v) is 10.4. The van der Waals surface area contributed by atoms with Crippen LogP contribution in [-0.4, -0.2) is 0 Å². The highest BCUT2D eigenvalue weighted by atomic mass is 14.0. The Balaban J connectivity index is 2.92. The van der Waals surface area contributed by atoms with Gasteiger partial charge in [-0.25, -0.2) is 0 Å². The van der Waals surface area contributed by atoms with E-state index < -0.39 is 0 Å². The van der Waals surface area contributed by atoms with E-state index in [-0.39, 0.29) is 0 Å². The molecule has 0 heteroatoms. The number of unbranched alkanes of at least 4 members (excludes halogenated alkanes) is 9. The second-order valence-electron chi connectivity index (χ2n) is 4.09. The lowest BCUT2D eigenvalue weighted by Gasteiger charge is -2.00. The first-order chi connectivity index (χ1) is 7.41. The van der Waals surface area contributed by atoms with Gasteiger partial charge in [0.05, 0.1) is 0 Å². The van der Waals surface area contributed by atoms with Crippen molar-refractivity contribution in [1.82, 2.24) is 0 Å². The Morgan fingerprint density at radius 2 is 1.53 bits per heavy atom. The smallest absolute Gasteiger partial charge is 0.0348 e. The first-order valence-electron chi connectivity index (χ1n) is 6.51. The molecule has 0 rings (SSSR count). The van der Waals surface area contributed by atoms with Crippen molar-refractivity contribution in [2.24, 2.45) is 0 Å². The van der Waals surface area contributed by atoms with Crippen LogP contribution in [-0.2, 0) is 0 Å². The third kappa shape index (κ3) is 13.5. The predicted molar refractivity (Wildman–Crippen MR) is 70.9 cm³/mol. The quantitative estimate of drug-likeness (QED) is 0.311. The van der Waals surface area contributed by atoms with Gasteiger partial charge in [-0.1, -0.05) is 76.7 Å². The van der Waals surface area contributed by atoms with E-state index in [4.69, 9.17) is 0 Å². The molecule has 0 N–H and O–H groups in total. The molecule has 0 saturated carbocycles. The molecule has 15 heavy (non-hydrogen) atoms. The lowest BCUT2D eigenvalue weighted by molar-refractivity contribution is 0.627. The van der Waals surface area contributed by atoms with Gasteiger partial charge in [0, 0.05) is 0 Å². The van der Waals surface area contributed by atoms with Crippen LogP contribution < -0.4 is 0 Å². The Kier molecular flexibility index (Phi) is 13.0. The summed E-state index contributed by atoms with van der Waals surface area (Å²) in [6, 6.07) is 0. The van der Waals surface area contributed by atoms with E-state index >= 15 is 0 Å². The molecule has 0 aliphatic rings. The van der Waals surface area contributed by atoms with Crippen LogP contribution in [0.5, 0.6) is 0 Å². The van der Waals surface area contributed by atoms with Crippen molar-refractivity contribution < 1.29 is 0 Å². The Labute approximate surface area is 96.5 Å². The molecule has 0 spiro atoms. The van der Waals surface area contributed by atoms with Crippen molar-refractivity contribution in [3.8, 4) is 0 Å². The van der Waals surface area contributed by atoms with E-state index in [9.17, 15) is 0 Å². The van der Waals surface area contributed by atoms with Crippen molar-refractivity contribution in [2.45, 2.75) is 64.7 Å². The van der Waals surface area contributed by atoms with Gasteiger partial charge in [0.25, 0.3) is 0 Å². The molecule has 0 aromatic rings.